The predicted octanol–water partition coefficient (Wildman–Crippen LogP) is 3.30. The first kappa shape index (κ1) is 17.9. The molecule has 1 saturated heterocycles. The molecular weight excluding hydrogens is 370 g/mol. The summed E-state index contributed by atoms with van der Waals surface area (Å²) in [5.41, 5.74) is 4.55. The van der Waals surface area contributed by atoms with Crippen LogP contribution in [0.5, 0.6) is 0 Å². The van der Waals surface area contributed by atoms with Gasteiger partial charge in [-0.1, -0.05) is 48.5 Å². The number of carboxylic acids is 1. The molecule has 2 fully saturated rings. The quantitative estimate of drug-likeness (QED) is 0.868. The summed E-state index contributed by atoms with van der Waals surface area (Å²) in [7, 11) is 0. The van der Waals surface area contributed by atoms with Crippen LogP contribution in [0, 0.1) is 11.8 Å². The Bertz CT molecular complexity index is 966. The van der Waals surface area contributed by atoms with Gasteiger partial charge in [0, 0.05) is 24.8 Å². The van der Waals surface area contributed by atoms with E-state index >= 15 is 0 Å². The van der Waals surface area contributed by atoms with Crippen molar-refractivity contribution in [3.63, 3.8) is 0 Å². The van der Waals surface area contributed by atoms with Crippen molar-refractivity contribution in [3.8, 4) is 11.1 Å². The molecule has 5 rings (SSSR count). The number of nitrogens with zero attached hydrogens (tertiary/aromatic N) is 1. The van der Waals surface area contributed by atoms with E-state index < -0.39 is 24.0 Å². The van der Waals surface area contributed by atoms with Gasteiger partial charge in [0.1, 0.15) is 12.4 Å². The van der Waals surface area contributed by atoms with Crippen molar-refractivity contribution in [2.45, 2.75) is 24.8 Å². The highest BCUT2D eigenvalue weighted by molar-refractivity contribution is 5.89. The van der Waals surface area contributed by atoms with Crippen molar-refractivity contribution in [3.05, 3.63) is 59.7 Å². The van der Waals surface area contributed by atoms with Gasteiger partial charge in [0.15, 0.2) is 0 Å². The summed E-state index contributed by atoms with van der Waals surface area (Å²) < 4.78 is 5.68. The molecule has 0 aromatic heterocycles. The van der Waals surface area contributed by atoms with Crippen LogP contribution in [0.25, 0.3) is 11.1 Å². The van der Waals surface area contributed by atoms with Crippen LogP contribution in [-0.4, -0.2) is 47.0 Å². The molecule has 1 heterocycles. The second kappa shape index (κ2) is 6.72. The number of amides is 1. The van der Waals surface area contributed by atoms with Gasteiger partial charge in [-0.3, -0.25) is 9.59 Å². The Labute approximate surface area is 168 Å². The summed E-state index contributed by atoms with van der Waals surface area (Å²) in [5.74, 6) is -2.02. The van der Waals surface area contributed by atoms with Crippen LogP contribution >= 0.6 is 0 Å². The molecule has 29 heavy (non-hydrogen) atoms. The van der Waals surface area contributed by atoms with Crippen LogP contribution in [0.3, 0.4) is 0 Å². The van der Waals surface area contributed by atoms with Crippen LogP contribution in [0.2, 0.25) is 0 Å². The third-order valence-corrected chi connectivity index (χ3v) is 6.59. The highest BCUT2D eigenvalue weighted by atomic mass is 16.6. The van der Waals surface area contributed by atoms with Crippen molar-refractivity contribution in [2.75, 3.05) is 13.2 Å². The minimum Gasteiger partial charge on any atom is -0.481 e. The molecule has 2 aliphatic carbocycles. The monoisotopic (exact) mass is 391 g/mol. The fourth-order valence-corrected chi connectivity index (χ4v) is 5.10. The number of Topliss-reactive ketones (excluding diaryl/α,β-unsaturated/α-hetero) is 1. The number of ether oxygens (including phenoxy) is 1. The third-order valence-electron chi connectivity index (χ3n) is 6.59. The maximum Gasteiger partial charge on any atom is 0.410 e. The Morgan fingerprint density at radius 2 is 1.66 bits per heavy atom. The minimum absolute atomic E-state index is 0.0507. The van der Waals surface area contributed by atoms with Crippen LogP contribution in [-0.2, 0) is 14.3 Å². The normalized spacial score (nSPS) is 24.9. The van der Waals surface area contributed by atoms with Crippen LogP contribution in [0.15, 0.2) is 48.5 Å². The Morgan fingerprint density at radius 3 is 2.28 bits per heavy atom. The van der Waals surface area contributed by atoms with Gasteiger partial charge in [0.2, 0.25) is 0 Å². The summed E-state index contributed by atoms with van der Waals surface area (Å²) in [6.45, 7) is 0.410. The number of carbonyl (C=O) groups is 3. The largest absolute Gasteiger partial charge is 0.481 e. The number of piperidine rings is 1. The van der Waals surface area contributed by atoms with E-state index in [4.69, 9.17) is 4.74 Å². The zero-order valence-corrected chi connectivity index (χ0v) is 15.8. The second-order valence-corrected chi connectivity index (χ2v) is 7.99. The summed E-state index contributed by atoms with van der Waals surface area (Å²) >= 11 is 0. The summed E-state index contributed by atoms with van der Waals surface area (Å²) in [6, 6.07) is 15.6. The Balaban J connectivity index is 1.35. The molecule has 0 radical (unpaired) electrons. The first-order valence-corrected chi connectivity index (χ1v) is 9.93. The summed E-state index contributed by atoms with van der Waals surface area (Å²) in [4.78, 5) is 37.8. The molecule has 1 aliphatic heterocycles. The highest BCUT2D eigenvalue weighted by Gasteiger charge is 2.55. The number of carbonyl (C=O) groups excluding carboxylic acids is 2. The third kappa shape index (κ3) is 2.74. The highest BCUT2D eigenvalue weighted by Crippen LogP contribution is 2.45. The van der Waals surface area contributed by atoms with Crippen LogP contribution in [0.4, 0.5) is 4.79 Å². The molecule has 6 heteroatoms. The molecule has 0 spiro atoms. The molecular formula is C23H21NO5. The fourth-order valence-electron chi connectivity index (χ4n) is 5.10. The first-order chi connectivity index (χ1) is 14.1. The number of fused-ring (bicyclic) bond motifs is 4. The first-order valence-electron chi connectivity index (χ1n) is 9.93. The van der Waals surface area contributed by atoms with Crippen molar-refractivity contribution in [1.82, 2.24) is 4.90 Å². The summed E-state index contributed by atoms with van der Waals surface area (Å²) in [5, 5.41) is 9.39. The standard InChI is InChI=1S/C23H21NO5/c25-20-9-10-24(21-17(20)11-18(21)22(26)27)23(28)29-12-19-15-7-3-1-5-13(15)14-6-2-4-8-16(14)19/h1-8,17-19,21H,9-12H2,(H,26,27)/t17-,18+,21+/m0/s1. The Kier molecular flexibility index (Phi) is 4.15. The lowest BCUT2D eigenvalue weighted by Gasteiger charge is -2.50. The molecule has 2 aromatic rings. The van der Waals surface area contributed by atoms with Gasteiger partial charge >= 0.3 is 12.1 Å². The zero-order chi connectivity index (χ0) is 20.1. The maximum absolute atomic E-state index is 12.8. The average molecular weight is 391 g/mol. The number of benzene rings is 2. The van der Waals surface area contributed by atoms with E-state index in [1.165, 1.54) is 4.90 Å². The molecule has 1 saturated carbocycles. The number of likely N-dealkylation sites (tertiary alicyclic amines) is 1. The van der Waals surface area contributed by atoms with Crippen LogP contribution in [0.1, 0.15) is 29.9 Å². The van der Waals surface area contributed by atoms with E-state index in [9.17, 15) is 19.5 Å². The number of ketones is 1. The van der Waals surface area contributed by atoms with E-state index in [0.717, 1.165) is 22.3 Å². The molecule has 6 nitrogen and oxygen atoms in total. The van der Waals surface area contributed by atoms with E-state index in [2.05, 4.69) is 24.3 Å². The lowest BCUT2D eigenvalue weighted by Crippen LogP contribution is -2.64. The zero-order valence-electron chi connectivity index (χ0n) is 15.8. The second-order valence-electron chi connectivity index (χ2n) is 7.99. The number of carboxylic acid groups (broad SMARTS) is 1. The predicted molar refractivity (Wildman–Crippen MR) is 104 cm³/mol. The number of aliphatic carboxylic acids is 1. The molecule has 3 atom stereocenters. The summed E-state index contributed by atoms with van der Waals surface area (Å²) in [6.07, 6.45) is 0.0456. The van der Waals surface area contributed by atoms with E-state index in [1.807, 2.05) is 24.3 Å². The molecule has 3 aliphatic rings. The molecule has 0 unspecified atom stereocenters. The van der Waals surface area contributed by atoms with Gasteiger partial charge in [0.05, 0.1) is 12.0 Å². The van der Waals surface area contributed by atoms with Gasteiger partial charge in [-0.2, -0.15) is 0 Å². The lowest BCUT2D eigenvalue weighted by molar-refractivity contribution is -0.158. The van der Waals surface area contributed by atoms with Gasteiger partial charge in [-0.15, -0.1) is 0 Å². The molecule has 0 bridgehead atoms. The number of hydrogen-bond donors (Lipinski definition) is 1. The van der Waals surface area contributed by atoms with Crippen molar-refractivity contribution < 1.29 is 24.2 Å². The van der Waals surface area contributed by atoms with Crippen molar-refractivity contribution in [2.24, 2.45) is 11.8 Å². The lowest BCUT2D eigenvalue weighted by atomic mass is 9.64. The minimum atomic E-state index is -0.961. The van der Waals surface area contributed by atoms with Gasteiger partial charge in [-0.25, -0.2) is 4.79 Å². The van der Waals surface area contributed by atoms with Gasteiger partial charge < -0.3 is 14.7 Å². The Morgan fingerprint density at radius 1 is 1.03 bits per heavy atom. The molecule has 1 amide bonds. The van der Waals surface area contributed by atoms with Crippen molar-refractivity contribution >= 4 is 17.8 Å². The van der Waals surface area contributed by atoms with Crippen LogP contribution < -0.4 is 0 Å². The van der Waals surface area contributed by atoms with Gasteiger partial charge in [0.25, 0.3) is 0 Å². The van der Waals surface area contributed by atoms with E-state index in [0.29, 0.717) is 6.42 Å². The Hall–Kier alpha value is -3.15. The maximum atomic E-state index is 12.8. The molecule has 148 valence electrons. The average Bonchev–Trinajstić information content (AvgIpc) is 3.01. The number of hydrogen-bond acceptors (Lipinski definition) is 4. The van der Waals surface area contributed by atoms with Gasteiger partial charge in [-0.05, 0) is 28.7 Å². The molecule has 2 aromatic carbocycles. The fraction of sp³-hybridized carbons (Fsp3) is 0.348. The number of rotatable bonds is 3. The smallest absolute Gasteiger partial charge is 0.410 e. The topological polar surface area (TPSA) is 83.9 Å². The van der Waals surface area contributed by atoms with E-state index in [-0.39, 0.29) is 37.2 Å². The SMILES string of the molecule is O=C(O)[C@@H]1C[C@H]2C(=O)CCN(C(=O)OCC3c4ccccc4-c4ccccc43)[C@@H]12. The van der Waals surface area contributed by atoms with Crippen molar-refractivity contribution in [1.29, 1.82) is 0 Å². The van der Waals surface area contributed by atoms with E-state index in [1.54, 1.807) is 0 Å². The molecule has 1 N–H and O–H groups in total.